The van der Waals surface area contributed by atoms with E-state index in [2.05, 4.69) is 29.3 Å². The number of benzene rings is 1. The van der Waals surface area contributed by atoms with Crippen LogP contribution in [0.5, 0.6) is 5.75 Å². The lowest BCUT2D eigenvalue weighted by Crippen LogP contribution is -2.46. The Balaban J connectivity index is 2.05. The van der Waals surface area contributed by atoms with Gasteiger partial charge in [-0.3, -0.25) is 9.69 Å². The number of ether oxygens (including phenoxy) is 1. The van der Waals surface area contributed by atoms with E-state index in [1.165, 1.54) is 10.4 Å². The zero-order chi connectivity index (χ0) is 17.1. The molecule has 0 saturated carbocycles. The lowest BCUT2D eigenvalue weighted by molar-refractivity contribution is -0.145. The predicted octanol–water partition coefficient (Wildman–Crippen LogP) is 4.09. The minimum absolute atomic E-state index is 0.0415. The molecule has 2 atom stereocenters. The number of methoxy groups -OCH3 is 1. The summed E-state index contributed by atoms with van der Waals surface area (Å²) in [6, 6.07) is 9.68. The Morgan fingerprint density at radius 3 is 2.88 bits per heavy atom. The third-order valence-electron chi connectivity index (χ3n) is 4.59. The molecule has 1 N–H and O–H groups in total. The van der Waals surface area contributed by atoms with E-state index in [1.807, 2.05) is 18.2 Å². The lowest BCUT2D eigenvalue weighted by Gasteiger charge is -2.39. The van der Waals surface area contributed by atoms with Gasteiger partial charge in [0, 0.05) is 4.88 Å². The van der Waals surface area contributed by atoms with E-state index < -0.39 is 12.0 Å². The minimum Gasteiger partial charge on any atom is -0.497 e. The Labute approximate surface area is 146 Å². The summed E-state index contributed by atoms with van der Waals surface area (Å²) >= 11 is 1.70. The number of carboxylic acids is 1. The molecule has 1 fully saturated rings. The van der Waals surface area contributed by atoms with Gasteiger partial charge >= 0.3 is 5.97 Å². The third kappa shape index (κ3) is 3.47. The maximum atomic E-state index is 11.8. The molecule has 1 aliphatic rings. The molecule has 3 rings (SSSR count). The average Bonchev–Trinajstić information content (AvgIpc) is 3.01. The van der Waals surface area contributed by atoms with Crippen LogP contribution in [0.15, 0.2) is 35.7 Å². The molecule has 0 amide bonds. The zero-order valence-corrected chi connectivity index (χ0v) is 14.9. The van der Waals surface area contributed by atoms with Crippen LogP contribution < -0.4 is 4.74 Å². The van der Waals surface area contributed by atoms with Crippen molar-refractivity contribution in [1.29, 1.82) is 0 Å². The molecule has 2 heterocycles. The first-order valence-electron chi connectivity index (χ1n) is 8.27. The molecule has 1 saturated heterocycles. The Morgan fingerprint density at radius 1 is 1.38 bits per heavy atom. The van der Waals surface area contributed by atoms with Crippen LogP contribution in [0, 0.1) is 6.92 Å². The van der Waals surface area contributed by atoms with Crippen molar-refractivity contribution in [3.05, 3.63) is 51.7 Å². The molecule has 1 aliphatic heterocycles. The maximum absolute atomic E-state index is 11.8. The van der Waals surface area contributed by atoms with Gasteiger partial charge in [-0.1, -0.05) is 18.6 Å². The Morgan fingerprint density at radius 2 is 2.21 bits per heavy atom. The maximum Gasteiger partial charge on any atom is 0.320 e. The highest BCUT2D eigenvalue weighted by Gasteiger charge is 2.35. The molecule has 0 aliphatic carbocycles. The van der Waals surface area contributed by atoms with E-state index >= 15 is 0 Å². The van der Waals surface area contributed by atoms with Crippen molar-refractivity contribution in [2.75, 3.05) is 13.7 Å². The van der Waals surface area contributed by atoms with Crippen LogP contribution in [0.2, 0.25) is 0 Å². The van der Waals surface area contributed by atoms with Crippen molar-refractivity contribution in [1.82, 2.24) is 4.90 Å². The number of likely N-dealkylation sites (tertiary alicyclic amines) is 1. The number of piperidine rings is 1. The van der Waals surface area contributed by atoms with Gasteiger partial charge in [0.25, 0.3) is 0 Å². The molecule has 0 bridgehead atoms. The van der Waals surface area contributed by atoms with E-state index in [4.69, 9.17) is 4.74 Å². The molecule has 2 unspecified atom stereocenters. The first kappa shape index (κ1) is 17.0. The van der Waals surface area contributed by atoms with Gasteiger partial charge in [0.1, 0.15) is 11.8 Å². The summed E-state index contributed by atoms with van der Waals surface area (Å²) in [4.78, 5) is 15.1. The number of hydrogen-bond acceptors (Lipinski definition) is 4. The molecule has 128 valence electrons. The summed E-state index contributed by atoms with van der Waals surface area (Å²) < 4.78 is 5.38. The molecular formula is C19H23NO3S. The number of carboxylic acid groups (broad SMARTS) is 1. The third-order valence-corrected chi connectivity index (χ3v) is 5.69. The zero-order valence-electron chi connectivity index (χ0n) is 14.1. The van der Waals surface area contributed by atoms with Crippen LogP contribution in [-0.4, -0.2) is 35.7 Å². The summed E-state index contributed by atoms with van der Waals surface area (Å²) in [6.45, 7) is 2.88. The van der Waals surface area contributed by atoms with Crippen LogP contribution >= 0.6 is 11.3 Å². The summed E-state index contributed by atoms with van der Waals surface area (Å²) in [5.41, 5.74) is 2.30. The number of thiophene rings is 1. The fourth-order valence-corrected chi connectivity index (χ4v) is 4.50. The van der Waals surface area contributed by atoms with Gasteiger partial charge in [0.05, 0.1) is 13.2 Å². The Hall–Kier alpha value is -1.85. The second kappa shape index (κ2) is 7.36. The fourth-order valence-electron chi connectivity index (χ4n) is 3.46. The second-order valence-corrected chi connectivity index (χ2v) is 7.24. The molecule has 0 radical (unpaired) electrons. The average molecular weight is 345 g/mol. The SMILES string of the molecule is COc1cccc(C(c2cc(C)cs2)N2CCCCC2C(=O)O)c1. The highest BCUT2D eigenvalue weighted by molar-refractivity contribution is 7.10. The number of hydrogen-bond donors (Lipinski definition) is 1. The van der Waals surface area contributed by atoms with Crippen molar-refractivity contribution in [3.63, 3.8) is 0 Å². The molecule has 1 aromatic heterocycles. The van der Waals surface area contributed by atoms with Gasteiger partial charge < -0.3 is 9.84 Å². The predicted molar refractivity (Wildman–Crippen MR) is 95.9 cm³/mol. The number of nitrogens with zero attached hydrogens (tertiary/aromatic N) is 1. The van der Waals surface area contributed by atoms with Gasteiger partial charge in [-0.15, -0.1) is 11.3 Å². The van der Waals surface area contributed by atoms with Crippen molar-refractivity contribution < 1.29 is 14.6 Å². The molecule has 24 heavy (non-hydrogen) atoms. The van der Waals surface area contributed by atoms with E-state index in [0.717, 1.165) is 30.7 Å². The summed E-state index contributed by atoms with van der Waals surface area (Å²) in [5.74, 6) is 0.0746. The second-order valence-electron chi connectivity index (χ2n) is 6.29. The molecule has 5 heteroatoms. The summed E-state index contributed by atoms with van der Waals surface area (Å²) in [6.07, 6.45) is 2.72. The standard InChI is InChI=1S/C19H23NO3S/c1-13-10-17(24-12-13)18(14-6-5-7-15(11-14)23-2)20-9-4-3-8-16(20)19(21)22/h5-7,10-12,16,18H,3-4,8-9H2,1-2H3,(H,21,22). The molecule has 2 aromatic rings. The van der Waals surface area contributed by atoms with Gasteiger partial charge in [-0.25, -0.2) is 0 Å². The minimum atomic E-state index is -0.726. The van der Waals surface area contributed by atoms with Crippen molar-refractivity contribution >= 4 is 17.3 Å². The van der Waals surface area contributed by atoms with Gasteiger partial charge in [0.15, 0.2) is 0 Å². The first-order valence-corrected chi connectivity index (χ1v) is 9.15. The monoisotopic (exact) mass is 345 g/mol. The van der Waals surface area contributed by atoms with Gasteiger partial charge in [0.2, 0.25) is 0 Å². The van der Waals surface area contributed by atoms with E-state index in [9.17, 15) is 9.90 Å². The summed E-state index contributed by atoms with van der Waals surface area (Å²) in [7, 11) is 1.66. The largest absolute Gasteiger partial charge is 0.497 e. The van der Waals surface area contributed by atoms with Crippen molar-refractivity contribution in [2.24, 2.45) is 0 Å². The van der Waals surface area contributed by atoms with Gasteiger partial charge in [-0.2, -0.15) is 0 Å². The number of carbonyl (C=O) groups is 1. The molecule has 4 nitrogen and oxygen atoms in total. The van der Waals surface area contributed by atoms with E-state index in [-0.39, 0.29) is 6.04 Å². The smallest absolute Gasteiger partial charge is 0.320 e. The first-order chi connectivity index (χ1) is 11.6. The quantitative estimate of drug-likeness (QED) is 0.886. The number of aryl methyl sites for hydroxylation is 1. The normalized spacial score (nSPS) is 19.8. The number of aliphatic carboxylic acids is 1. The number of rotatable bonds is 5. The highest BCUT2D eigenvalue weighted by Crippen LogP contribution is 2.38. The lowest BCUT2D eigenvalue weighted by atomic mass is 9.95. The van der Waals surface area contributed by atoms with Crippen LogP contribution in [0.4, 0.5) is 0 Å². The van der Waals surface area contributed by atoms with Gasteiger partial charge in [-0.05, 0) is 61.0 Å². The van der Waals surface area contributed by atoms with Crippen LogP contribution in [0.1, 0.15) is 41.3 Å². The summed E-state index contributed by atoms with van der Waals surface area (Å²) in [5, 5.41) is 11.8. The Bertz CT molecular complexity index is 712. The van der Waals surface area contributed by atoms with Crippen LogP contribution in [-0.2, 0) is 4.79 Å². The highest BCUT2D eigenvalue weighted by atomic mass is 32.1. The topological polar surface area (TPSA) is 49.8 Å². The fraction of sp³-hybridized carbons (Fsp3) is 0.421. The van der Waals surface area contributed by atoms with Crippen molar-refractivity contribution in [3.8, 4) is 5.75 Å². The van der Waals surface area contributed by atoms with Crippen LogP contribution in [0.25, 0.3) is 0 Å². The Kier molecular flexibility index (Phi) is 5.21. The van der Waals surface area contributed by atoms with Crippen LogP contribution in [0.3, 0.4) is 0 Å². The van der Waals surface area contributed by atoms with Crippen molar-refractivity contribution in [2.45, 2.75) is 38.3 Å². The van der Waals surface area contributed by atoms with E-state index in [0.29, 0.717) is 6.42 Å². The molecule has 1 aromatic carbocycles. The molecule has 0 spiro atoms. The van der Waals surface area contributed by atoms with E-state index in [1.54, 1.807) is 18.4 Å². The molecular weight excluding hydrogens is 322 g/mol.